The third kappa shape index (κ3) is 6.51. The molecule has 7 heteroatoms. The summed E-state index contributed by atoms with van der Waals surface area (Å²) in [5, 5.41) is 2.89. The maximum atomic E-state index is 13.9. The van der Waals surface area contributed by atoms with Crippen LogP contribution in [-0.2, 0) is 20.7 Å². The van der Waals surface area contributed by atoms with Crippen LogP contribution in [0.15, 0.2) is 54.6 Å². The molecule has 0 saturated carbocycles. The van der Waals surface area contributed by atoms with Crippen LogP contribution in [0.4, 0.5) is 10.5 Å². The Hall–Kier alpha value is -3.35. The Kier molecular flexibility index (Phi) is 7.90. The quantitative estimate of drug-likeness (QED) is 0.594. The number of amides is 3. The van der Waals surface area contributed by atoms with Crippen LogP contribution in [-0.4, -0.2) is 59.0 Å². The third-order valence-corrected chi connectivity index (χ3v) is 7.20. The predicted molar refractivity (Wildman–Crippen MR) is 144 cm³/mol. The number of para-hydroxylation sites is 1. The van der Waals surface area contributed by atoms with E-state index in [9.17, 15) is 14.4 Å². The number of nitrogens with zero attached hydrogens (tertiary/aromatic N) is 2. The van der Waals surface area contributed by atoms with E-state index in [2.05, 4.69) is 17.4 Å². The van der Waals surface area contributed by atoms with Gasteiger partial charge in [0.05, 0.1) is 5.92 Å². The first-order chi connectivity index (χ1) is 17.5. The molecule has 1 fully saturated rings. The van der Waals surface area contributed by atoms with Crippen molar-refractivity contribution < 1.29 is 19.1 Å². The fourth-order valence-corrected chi connectivity index (χ4v) is 5.41. The van der Waals surface area contributed by atoms with Gasteiger partial charge in [0, 0.05) is 37.8 Å². The van der Waals surface area contributed by atoms with E-state index >= 15 is 0 Å². The molecule has 3 amide bonds. The zero-order chi connectivity index (χ0) is 26.7. The highest BCUT2D eigenvalue weighted by Gasteiger charge is 2.41. The zero-order valence-corrected chi connectivity index (χ0v) is 22.6. The number of hydrogen-bond acceptors (Lipinski definition) is 4. The molecule has 2 heterocycles. The van der Waals surface area contributed by atoms with E-state index in [1.807, 2.05) is 82.0 Å². The monoisotopic (exact) mass is 505 g/mol. The Bertz CT molecular complexity index is 1130. The summed E-state index contributed by atoms with van der Waals surface area (Å²) < 4.78 is 5.68. The molecule has 4 rings (SSSR count). The summed E-state index contributed by atoms with van der Waals surface area (Å²) in [5.41, 5.74) is 2.21. The summed E-state index contributed by atoms with van der Waals surface area (Å²) in [4.78, 5) is 43.0. The Labute approximate surface area is 220 Å². The van der Waals surface area contributed by atoms with Gasteiger partial charge in [-0.1, -0.05) is 48.5 Å². The molecule has 0 aliphatic carbocycles. The molecule has 1 N–H and O–H groups in total. The van der Waals surface area contributed by atoms with Crippen LogP contribution < -0.4 is 5.32 Å². The molecule has 2 aliphatic rings. The number of likely N-dealkylation sites (tertiary alicyclic amines) is 1. The molecule has 2 aromatic rings. The van der Waals surface area contributed by atoms with Crippen molar-refractivity contribution in [1.29, 1.82) is 0 Å². The van der Waals surface area contributed by atoms with Crippen LogP contribution in [0.1, 0.15) is 58.1 Å². The summed E-state index contributed by atoms with van der Waals surface area (Å²) in [6.45, 7) is 11.3. The molecule has 7 nitrogen and oxygen atoms in total. The normalized spacial score (nSPS) is 21.4. The van der Waals surface area contributed by atoms with Gasteiger partial charge in [0.25, 0.3) is 0 Å². The number of nitrogens with one attached hydrogen (secondary N) is 1. The summed E-state index contributed by atoms with van der Waals surface area (Å²) >= 11 is 0. The number of anilines is 1. The first-order valence-corrected chi connectivity index (χ1v) is 13.2. The molecule has 2 aliphatic heterocycles. The van der Waals surface area contributed by atoms with Crippen molar-refractivity contribution in [2.24, 2.45) is 11.8 Å². The Morgan fingerprint density at radius 3 is 2.35 bits per heavy atom. The fraction of sp³-hybridized carbons (Fsp3) is 0.500. The maximum absolute atomic E-state index is 13.9. The molecule has 198 valence electrons. The molecule has 3 atom stereocenters. The Morgan fingerprint density at radius 1 is 1.03 bits per heavy atom. The highest BCUT2D eigenvalue weighted by atomic mass is 16.6. The maximum Gasteiger partial charge on any atom is 0.410 e. The van der Waals surface area contributed by atoms with Gasteiger partial charge >= 0.3 is 6.09 Å². The van der Waals surface area contributed by atoms with E-state index in [1.54, 1.807) is 4.90 Å². The minimum atomic E-state index is -0.570. The third-order valence-electron chi connectivity index (χ3n) is 7.20. The molecule has 1 saturated heterocycles. The first-order valence-electron chi connectivity index (χ1n) is 13.2. The largest absolute Gasteiger partial charge is 0.444 e. The van der Waals surface area contributed by atoms with Crippen LogP contribution >= 0.6 is 0 Å². The summed E-state index contributed by atoms with van der Waals surface area (Å²) in [6, 6.07) is 17.8. The van der Waals surface area contributed by atoms with Crippen LogP contribution in [0.5, 0.6) is 0 Å². The second kappa shape index (κ2) is 11.0. The summed E-state index contributed by atoms with van der Waals surface area (Å²) in [7, 11) is 0. The molecule has 3 unspecified atom stereocenters. The van der Waals surface area contributed by atoms with Gasteiger partial charge in [-0.2, -0.15) is 0 Å². The zero-order valence-electron chi connectivity index (χ0n) is 22.6. The van der Waals surface area contributed by atoms with Crippen molar-refractivity contribution in [3.63, 3.8) is 0 Å². The molecule has 37 heavy (non-hydrogen) atoms. The second-order valence-corrected chi connectivity index (χ2v) is 11.6. The van der Waals surface area contributed by atoms with Crippen molar-refractivity contribution in [3.8, 4) is 0 Å². The van der Waals surface area contributed by atoms with Crippen LogP contribution in [0.25, 0.3) is 0 Å². The molecule has 0 aromatic heterocycles. The number of ether oxygens (including phenoxy) is 1. The molecule has 0 bridgehead atoms. The highest BCUT2D eigenvalue weighted by Crippen LogP contribution is 2.35. The summed E-state index contributed by atoms with van der Waals surface area (Å²) in [6.07, 6.45) is 0.647. The number of carbonyl (C=O) groups is 3. The molecular formula is C30H39N3O4. The van der Waals surface area contributed by atoms with Crippen LogP contribution in [0.3, 0.4) is 0 Å². The topological polar surface area (TPSA) is 79.0 Å². The lowest BCUT2D eigenvalue weighted by molar-refractivity contribution is -0.137. The number of benzene rings is 2. The predicted octanol–water partition coefficient (Wildman–Crippen LogP) is 5.08. The van der Waals surface area contributed by atoms with E-state index in [0.29, 0.717) is 25.3 Å². The molecule has 0 radical (unpaired) electrons. The Morgan fingerprint density at radius 2 is 1.68 bits per heavy atom. The lowest BCUT2D eigenvalue weighted by Gasteiger charge is -2.35. The van der Waals surface area contributed by atoms with E-state index in [0.717, 1.165) is 12.0 Å². The van der Waals surface area contributed by atoms with Gasteiger partial charge in [-0.15, -0.1) is 0 Å². The van der Waals surface area contributed by atoms with Crippen LogP contribution in [0, 0.1) is 11.8 Å². The number of carbonyl (C=O) groups excluding carboxylic acids is 3. The first kappa shape index (κ1) is 26.7. The van der Waals surface area contributed by atoms with Gasteiger partial charge < -0.3 is 19.9 Å². The van der Waals surface area contributed by atoms with Gasteiger partial charge in [0.15, 0.2) is 0 Å². The smallest absolute Gasteiger partial charge is 0.410 e. The van der Waals surface area contributed by atoms with E-state index < -0.39 is 11.5 Å². The van der Waals surface area contributed by atoms with Gasteiger partial charge in [-0.25, -0.2) is 4.79 Å². The number of rotatable bonds is 6. The van der Waals surface area contributed by atoms with Crippen molar-refractivity contribution in [1.82, 2.24) is 9.80 Å². The van der Waals surface area contributed by atoms with Gasteiger partial charge in [-0.3, -0.25) is 9.59 Å². The lowest BCUT2D eigenvalue weighted by atomic mass is 9.86. The van der Waals surface area contributed by atoms with Gasteiger partial charge in [-0.05, 0) is 70.1 Å². The van der Waals surface area contributed by atoms with Crippen LogP contribution in [0.2, 0.25) is 0 Å². The standard InChI is InChI=1S/C30H39N3O4/c1-20(2)33(28(35)25-16-27(34)31-26-14-10-9-13-24(25)26)19-23-18-32(29(36)37-30(3,4)5)17-22(23)15-21-11-7-6-8-12-21/h6-14,20,22-23,25H,15-19H2,1-5H3,(H,31,34). The van der Waals surface area contributed by atoms with Crippen molar-refractivity contribution in [2.75, 3.05) is 25.0 Å². The van der Waals surface area contributed by atoms with Crippen molar-refractivity contribution in [2.45, 2.75) is 65.0 Å². The molecule has 2 aromatic carbocycles. The summed E-state index contributed by atoms with van der Waals surface area (Å²) in [5.74, 6) is -0.410. The van der Waals surface area contributed by atoms with Crippen molar-refractivity contribution >= 4 is 23.6 Å². The highest BCUT2D eigenvalue weighted by molar-refractivity contribution is 6.01. The molecular weight excluding hydrogens is 466 g/mol. The van der Waals surface area contributed by atoms with E-state index in [1.165, 1.54) is 5.56 Å². The average molecular weight is 506 g/mol. The average Bonchev–Trinajstić information content (AvgIpc) is 3.23. The lowest BCUT2D eigenvalue weighted by Crippen LogP contribution is -2.46. The Balaban J connectivity index is 1.57. The van der Waals surface area contributed by atoms with E-state index in [4.69, 9.17) is 4.74 Å². The van der Waals surface area contributed by atoms with Gasteiger partial charge in [0.2, 0.25) is 11.8 Å². The van der Waals surface area contributed by atoms with Crippen molar-refractivity contribution in [3.05, 3.63) is 65.7 Å². The number of fused-ring (bicyclic) bond motifs is 1. The van der Waals surface area contributed by atoms with E-state index in [-0.39, 0.29) is 42.2 Å². The number of hydrogen-bond donors (Lipinski definition) is 1. The minimum Gasteiger partial charge on any atom is -0.444 e. The SMILES string of the molecule is CC(C)N(CC1CN(C(=O)OC(C)(C)C)CC1Cc1ccccc1)C(=O)C1CC(=O)Nc2ccccc21. The molecule has 0 spiro atoms. The van der Waals surface area contributed by atoms with Gasteiger partial charge in [0.1, 0.15) is 5.60 Å². The second-order valence-electron chi connectivity index (χ2n) is 11.6. The fourth-order valence-electron chi connectivity index (χ4n) is 5.41. The minimum absolute atomic E-state index is 0.0357.